The van der Waals surface area contributed by atoms with Crippen LogP contribution in [0.25, 0.3) is 0 Å². The van der Waals surface area contributed by atoms with E-state index < -0.39 is 0 Å². The number of hydrogen-bond acceptors (Lipinski definition) is 4. The van der Waals surface area contributed by atoms with E-state index in [1.165, 1.54) is 38.8 Å². The third-order valence-electron chi connectivity index (χ3n) is 4.47. The van der Waals surface area contributed by atoms with Gasteiger partial charge in [-0.1, -0.05) is 12.8 Å². The molecular formula is C16H33N5O. The first kappa shape index (κ1) is 17.5. The van der Waals surface area contributed by atoms with Gasteiger partial charge in [0.05, 0.1) is 13.2 Å². The molecule has 0 aromatic rings. The number of ether oxygens (including phenoxy) is 1. The smallest absolute Gasteiger partial charge is 0.191 e. The van der Waals surface area contributed by atoms with Crippen molar-refractivity contribution in [3.8, 4) is 0 Å². The van der Waals surface area contributed by atoms with Crippen LogP contribution < -0.4 is 10.6 Å². The molecule has 2 rings (SSSR count). The van der Waals surface area contributed by atoms with Crippen molar-refractivity contribution < 1.29 is 4.74 Å². The molecule has 0 aliphatic carbocycles. The molecule has 0 saturated carbocycles. The molecule has 0 amide bonds. The topological polar surface area (TPSA) is 52.1 Å². The second-order valence-corrected chi connectivity index (χ2v) is 6.14. The Hall–Kier alpha value is -0.850. The monoisotopic (exact) mass is 311 g/mol. The standard InChI is InChI=1S/C16H33N5O/c1-17-16(19-7-11-21-12-14-22-15-13-21)18-6-10-20-8-4-2-3-5-9-20/h2-15H2,1H3,(H2,17,18,19). The Kier molecular flexibility index (Phi) is 8.60. The first-order chi connectivity index (χ1) is 10.9. The highest BCUT2D eigenvalue weighted by atomic mass is 16.5. The second kappa shape index (κ2) is 10.8. The van der Waals surface area contributed by atoms with Crippen LogP contribution in [0.1, 0.15) is 25.7 Å². The van der Waals surface area contributed by atoms with E-state index in [-0.39, 0.29) is 0 Å². The molecule has 0 aromatic heterocycles. The van der Waals surface area contributed by atoms with Gasteiger partial charge in [0.2, 0.25) is 0 Å². The fourth-order valence-corrected chi connectivity index (χ4v) is 3.07. The number of rotatable bonds is 6. The molecule has 6 nitrogen and oxygen atoms in total. The van der Waals surface area contributed by atoms with E-state index in [0.717, 1.165) is 58.4 Å². The van der Waals surface area contributed by atoms with Gasteiger partial charge in [0.25, 0.3) is 0 Å². The molecule has 2 aliphatic rings. The van der Waals surface area contributed by atoms with Gasteiger partial charge in [-0.05, 0) is 25.9 Å². The van der Waals surface area contributed by atoms with E-state index in [9.17, 15) is 0 Å². The summed E-state index contributed by atoms with van der Waals surface area (Å²) in [7, 11) is 1.84. The van der Waals surface area contributed by atoms with Crippen molar-refractivity contribution in [1.82, 2.24) is 20.4 Å². The highest BCUT2D eigenvalue weighted by Gasteiger charge is 2.10. The lowest BCUT2D eigenvalue weighted by atomic mass is 10.2. The summed E-state index contributed by atoms with van der Waals surface area (Å²) in [5.74, 6) is 0.920. The van der Waals surface area contributed by atoms with Crippen molar-refractivity contribution in [2.45, 2.75) is 25.7 Å². The molecule has 2 N–H and O–H groups in total. The highest BCUT2D eigenvalue weighted by molar-refractivity contribution is 5.79. The Morgan fingerprint density at radius 3 is 1.95 bits per heavy atom. The average Bonchev–Trinajstić information content (AvgIpc) is 2.83. The number of hydrogen-bond donors (Lipinski definition) is 2. The van der Waals surface area contributed by atoms with Crippen molar-refractivity contribution >= 4 is 5.96 Å². The van der Waals surface area contributed by atoms with Crippen LogP contribution in [-0.4, -0.2) is 88.4 Å². The molecule has 0 unspecified atom stereocenters. The predicted molar refractivity (Wildman–Crippen MR) is 91.5 cm³/mol. The molecule has 2 fully saturated rings. The number of likely N-dealkylation sites (tertiary alicyclic amines) is 1. The second-order valence-electron chi connectivity index (χ2n) is 6.14. The van der Waals surface area contributed by atoms with Gasteiger partial charge < -0.3 is 20.3 Å². The lowest BCUT2D eigenvalue weighted by molar-refractivity contribution is 0.0389. The van der Waals surface area contributed by atoms with Gasteiger partial charge in [-0.25, -0.2) is 0 Å². The molecule has 0 bridgehead atoms. The Morgan fingerprint density at radius 1 is 0.864 bits per heavy atom. The molecule has 6 heteroatoms. The van der Waals surface area contributed by atoms with Crippen molar-refractivity contribution in [2.24, 2.45) is 4.99 Å². The molecule has 2 saturated heterocycles. The summed E-state index contributed by atoms with van der Waals surface area (Å²) in [5.41, 5.74) is 0. The Balaban J connectivity index is 1.54. The van der Waals surface area contributed by atoms with Crippen LogP contribution in [0.3, 0.4) is 0 Å². The van der Waals surface area contributed by atoms with Crippen LogP contribution in [0.5, 0.6) is 0 Å². The predicted octanol–water partition coefficient (Wildman–Crippen LogP) is 0.360. The minimum Gasteiger partial charge on any atom is -0.379 e. The van der Waals surface area contributed by atoms with E-state index in [2.05, 4.69) is 25.4 Å². The summed E-state index contributed by atoms with van der Waals surface area (Å²) >= 11 is 0. The SMILES string of the molecule is CN=C(NCCN1CCCCCC1)NCCN1CCOCC1. The maximum atomic E-state index is 5.37. The number of morpholine rings is 1. The van der Waals surface area contributed by atoms with Crippen LogP contribution in [0.15, 0.2) is 4.99 Å². The maximum absolute atomic E-state index is 5.37. The van der Waals surface area contributed by atoms with Crippen molar-refractivity contribution in [3.05, 3.63) is 0 Å². The molecule has 0 spiro atoms. The number of guanidine groups is 1. The zero-order chi connectivity index (χ0) is 15.5. The molecule has 0 aromatic carbocycles. The van der Waals surface area contributed by atoms with Crippen LogP contribution in [0.4, 0.5) is 0 Å². The third-order valence-corrected chi connectivity index (χ3v) is 4.47. The fraction of sp³-hybridized carbons (Fsp3) is 0.938. The summed E-state index contributed by atoms with van der Waals surface area (Å²) in [6.07, 6.45) is 5.50. The average molecular weight is 311 g/mol. The molecule has 128 valence electrons. The van der Waals surface area contributed by atoms with E-state index in [1.807, 2.05) is 7.05 Å². The fourth-order valence-electron chi connectivity index (χ4n) is 3.07. The molecular weight excluding hydrogens is 278 g/mol. The van der Waals surface area contributed by atoms with Crippen molar-refractivity contribution in [3.63, 3.8) is 0 Å². The zero-order valence-electron chi connectivity index (χ0n) is 14.1. The van der Waals surface area contributed by atoms with Gasteiger partial charge in [0.15, 0.2) is 5.96 Å². The minimum atomic E-state index is 0.864. The molecule has 0 radical (unpaired) electrons. The minimum absolute atomic E-state index is 0.864. The van der Waals surface area contributed by atoms with E-state index in [0.29, 0.717) is 0 Å². The molecule has 22 heavy (non-hydrogen) atoms. The van der Waals surface area contributed by atoms with E-state index in [1.54, 1.807) is 0 Å². The summed E-state index contributed by atoms with van der Waals surface area (Å²) < 4.78 is 5.37. The lowest BCUT2D eigenvalue weighted by Gasteiger charge is -2.27. The summed E-state index contributed by atoms with van der Waals surface area (Å²) in [5, 5.41) is 6.83. The number of nitrogens with zero attached hydrogens (tertiary/aromatic N) is 3. The van der Waals surface area contributed by atoms with Crippen LogP contribution in [0, 0.1) is 0 Å². The molecule has 0 atom stereocenters. The van der Waals surface area contributed by atoms with Crippen molar-refractivity contribution in [1.29, 1.82) is 0 Å². The Bertz CT molecular complexity index is 310. The maximum Gasteiger partial charge on any atom is 0.191 e. The summed E-state index contributed by atoms with van der Waals surface area (Å²) in [6.45, 7) is 10.4. The van der Waals surface area contributed by atoms with E-state index in [4.69, 9.17) is 4.74 Å². The first-order valence-corrected chi connectivity index (χ1v) is 8.85. The van der Waals surface area contributed by atoms with Gasteiger partial charge in [-0.3, -0.25) is 9.89 Å². The van der Waals surface area contributed by atoms with E-state index >= 15 is 0 Å². The van der Waals surface area contributed by atoms with Crippen LogP contribution >= 0.6 is 0 Å². The largest absolute Gasteiger partial charge is 0.379 e. The number of aliphatic imine (C=N–C) groups is 1. The third kappa shape index (κ3) is 6.94. The Labute approximate surface area is 135 Å². The quantitative estimate of drug-likeness (QED) is 0.548. The number of nitrogens with one attached hydrogen (secondary N) is 2. The lowest BCUT2D eigenvalue weighted by Crippen LogP contribution is -2.45. The summed E-state index contributed by atoms with van der Waals surface area (Å²) in [6, 6.07) is 0. The normalized spacial score (nSPS) is 22.3. The van der Waals surface area contributed by atoms with Crippen LogP contribution in [0.2, 0.25) is 0 Å². The zero-order valence-corrected chi connectivity index (χ0v) is 14.1. The molecule has 2 aliphatic heterocycles. The van der Waals surface area contributed by atoms with Gasteiger partial charge in [0, 0.05) is 46.3 Å². The van der Waals surface area contributed by atoms with Crippen molar-refractivity contribution in [2.75, 3.05) is 72.6 Å². The summed E-state index contributed by atoms with van der Waals surface area (Å²) in [4.78, 5) is 9.31. The van der Waals surface area contributed by atoms with Gasteiger partial charge >= 0.3 is 0 Å². The van der Waals surface area contributed by atoms with Crippen LogP contribution in [-0.2, 0) is 4.74 Å². The van der Waals surface area contributed by atoms with Gasteiger partial charge in [0.1, 0.15) is 0 Å². The van der Waals surface area contributed by atoms with Gasteiger partial charge in [-0.2, -0.15) is 0 Å². The first-order valence-electron chi connectivity index (χ1n) is 8.85. The Morgan fingerprint density at radius 2 is 1.41 bits per heavy atom. The highest BCUT2D eigenvalue weighted by Crippen LogP contribution is 2.08. The van der Waals surface area contributed by atoms with Gasteiger partial charge in [-0.15, -0.1) is 0 Å². The molecule has 2 heterocycles.